The lowest BCUT2D eigenvalue weighted by molar-refractivity contribution is -0.140. The van der Waals surface area contributed by atoms with Gasteiger partial charge < -0.3 is 14.9 Å². The topological polar surface area (TPSA) is 98.1 Å². The van der Waals surface area contributed by atoms with Gasteiger partial charge in [0.1, 0.15) is 6.04 Å². The second-order valence-corrected chi connectivity index (χ2v) is 3.76. The fourth-order valence-electron chi connectivity index (χ4n) is 0.385. The average Bonchev–Trinajstić information content (AvgIpc) is 1.82. The molecule has 0 aliphatic carbocycles. The van der Waals surface area contributed by atoms with Gasteiger partial charge in [-0.3, -0.25) is 4.79 Å². The minimum atomic E-state index is -4.41. The Hall–Kier alpha value is -0.420. The summed E-state index contributed by atoms with van der Waals surface area (Å²) in [5, 5.41) is 8.33. The van der Waals surface area contributed by atoms with E-state index in [0.717, 1.165) is 7.05 Å². The predicted octanol–water partition coefficient (Wildman–Crippen LogP) is -0.516. The Bertz CT molecular complexity index is 199. The monoisotopic (exact) mass is 183 g/mol. The highest BCUT2D eigenvalue weighted by Gasteiger charge is 2.29. The summed E-state index contributed by atoms with van der Waals surface area (Å²) in [7, 11) is -3.36. The molecule has 0 aliphatic heterocycles. The molecule has 0 spiro atoms. The summed E-state index contributed by atoms with van der Waals surface area (Å²) < 4.78 is 10.9. The van der Waals surface area contributed by atoms with E-state index in [0.29, 0.717) is 4.67 Å². The molecule has 0 aliphatic rings. The van der Waals surface area contributed by atoms with Crippen LogP contribution < -0.4 is 0 Å². The third-order valence-electron chi connectivity index (χ3n) is 1.33. The molecule has 3 N–H and O–H groups in total. The second kappa shape index (κ2) is 3.32. The van der Waals surface area contributed by atoms with Gasteiger partial charge in [-0.2, -0.15) is 4.67 Å². The van der Waals surface area contributed by atoms with Crippen molar-refractivity contribution in [2.75, 3.05) is 7.05 Å². The molecule has 0 saturated heterocycles. The lowest BCUT2D eigenvalue weighted by atomic mass is 10.4. The quantitative estimate of drug-likeness (QED) is 0.509. The summed E-state index contributed by atoms with van der Waals surface area (Å²) in [6.07, 6.45) is 0. The predicted molar refractivity (Wildman–Crippen MR) is 36.9 cm³/mol. The fourth-order valence-corrected chi connectivity index (χ4v) is 0.936. The summed E-state index contributed by atoms with van der Waals surface area (Å²) in [6.45, 7) is 1.20. The zero-order chi connectivity index (χ0) is 9.23. The fraction of sp³-hybridized carbons (Fsp3) is 0.750. The van der Waals surface area contributed by atoms with Gasteiger partial charge in [-0.05, 0) is 14.0 Å². The maximum atomic E-state index is 10.4. The minimum Gasteiger partial charge on any atom is -0.480 e. The number of hydrogen-bond acceptors (Lipinski definition) is 2. The van der Waals surface area contributed by atoms with Gasteiger partial charge in [-0.15, -0.1) is 0 Å². The molecular formula is C4H10NO5P. The maximum Gasteiger partial charge on any atom is 0.403 e. The first kappa shape index (κ1) is 10.6. The number of carbonyl (C=O) groups is 1. The molecule has 0 fully saturated rings. The Morgan fingerprint density at radius 1 is 1.55 bits per heavy atom. The zero-order valence-corrected chi connectivity index (χ0v) is 7.02. The molecule has 0 saturated carbocycles. The number of carboxylic acid groups (broad SMARTS) is 1. The molecule has 11 heavy (non-hydrogen) atoms. The second-order valence-electron chi connectivity index (χ2n) is 2.10. The van der Waals surface area contributed by atoms with E-state index in [-0.39, 0.29) is 0 Å². The molecule has 0 rings (SSSR count). The number of carboxylic acids is 1. The molecule has 0 heterocycles. The summed E-state index contributed by atoms with van der Waals surface area (Å²) >= 11 is 0. The Labute approximate surface area is 63.7 Å². The third kappa shape index (κ3) is 2.98. The van der Waals surface area contributed by atoms with Crippen molar-refractivity contribution < 1.29 is 24.3 Å². The summed E-state index contributed by atoms with van der Waals surface area (Å²) in [5.41, 5.74) is 0. The van der Waals surface area contributed by atoms with Crippen LogP contribution in [0, 0.1) is 0 Å². The largest absolute Gasteiger partial charge is 0.480 e. The van der Waals surface area contributed by atoms with Gasteiger partial charge in [-0.1, -0.05) is 0 Å². The van der Waals surface area contributed by atoms with Gasteiger partial charge in [0.05, 0.1) is 0 Å². The van der Waals surface area contributed by atoms with Crippen molar-refractivity contribution in [1.82, 2.24) is 4.67 Å². The van der Waals surface area contributed by atoms with E-state index in [9.17, 15) is 9.36 Å². The van der Waals surface area contributed by atoms with Crippen LogP contribution in [0.25, 0.3) is 0 Å². The van der Waals surface area contributed by atoms with E-state index in [1.807, 2.05) is 0 Å². The van der Waals surface area contributed by atoms with Crippen molar-refractivity contribution in [1.29, 1.82) is 0 Å². The number of likely N-dealkylation sites (N-methyl/N-ethyl adjacent to an activating group) is 1. The summed E-state index contributed by atoms with van der Waals surface area (Å²) in [5.74, 6) is -1.27. The van der Waals surface area contributed by atoms with Crippen molar-refractivity contribution >= 4 is 13.7 Å². The molecule has 1 atom stereocenters. The first-order valence-electron chi connectivity index (χ1n) is 2.78. The molecule has 6 nitrogen and oxygen atoms in total. The first-order chi connectivity index (χ1) is 4.76. The number of aliphatic carboxylic acids is 1. The van der Waals surface area contributed by atoms with Crippen LogP contribution >= 0.6 is 7.75 Å². The van der Waals surface area contributed by atoms with Crippen LogP contribution in [-0.4, -0.2) is 38.6 Å². The van der Waals surface area contributed by atoms with Crippen LogP contribution in [0.2, 0.25) is 0 Å². The standard InChI is InChI=1S/C4H10NO5P/c1-3(4(6)7)5(2)11(8,9)10/h3H,1-2H3,(H,6,7)(H2,8,9,10). The molecule has 66 valence electrons. The molecule has 7 heteroatoms. The van der Waals surface area contributed by atoms with Gasteiger partial charge in [0.25, 0.3) is 0 Å². The van der Waals surface area contributed by atoms with Crippen molar-refractivity contribution in [3.05, 3.63) is 0 Å². The van der Waals surface area contributed by atoms with Crippen LogP contribution in [0.5, 0.6) is 0 Å². The Morgan fingerprint density at radius 2 is 1.91 bits per heavy atom. The number of rotatable bonds is 3. The van der Waals surface area contributed by atoms with Gasteiger partial charge in [0.2, 0.25) is 0 Å². The van der Waals surface area contributed by atoms with E-state index in [1.54, 1.807) is 0 Å². The van der Waals surface area contributed by atoms with Crippen LogP contribution in [0.15, 0.2) is 0 Å². The van der Waals surface area contributed by atoms with Crippen molar-refractivity contribution in [3.63, 3.8) is 0 Å². The van der Waals surface area contributed by atoms with Gasteiger partial charge >= 0.3 is 13.7 Å². The van der Waals surface area contributed by atoms with Crippen LogP contribution in [0.1, 0.15) is 6.92 Å². The van der Waals surface area contributed by atoms with Gasteiger partial charge in [0.15, 0.2) is 0 Å². The molecule has 1 unspecified atom stereocenters. The molecule has 0 bridgehead atoms. The minimum absolute atomic E-state index is 0.495. The van der Waals surface area contributed by atoms with Crippen LogP contribution in [-0.2, 0) is 9.36 Å². The molecule has 0 radical (unpaired) electrons. The zero-order valence-electron chi connectivity index (χ0n) is 6.13. The molecular weight excluding hydrogens is 173 g/mol. The number of hydrogen-bond donors (Lipinski definition) is 3. The molecule has 0 aromatic heterocycles. The average molecular weight is 183 g/mol. The highest BCUT2D eigenvalue weighted by Crippen LogP contribution is 2.39. The van der Waals surface area contributed by atoms with Crippen LogP contribution in [0.3, 0.4) is 0 Å². The Balaban J connectivity index is 4.38. The molecule has 0 amide bonds. The highest BCUT2D eigenvalue weighted by atomic mass is 31.2. The maximum absolute atomic E-state index is 10.4. The first-order valence-corrected chi connectivity index (χ1v) is 4.35. The Morgan fingerprint density at radius 3 is 2.00 bits per heavy atom. The van der Waals surface area contributed by atoms with Crippen molar-refractivity contribution in [3.8, 4) is 0 Å². The van der Waals surface area contributed by atoms with Crippen LogP contribution in [0.4, 0.5) is 0 Å². The van der Waals surface area contributed by atoms with E-state index in [1.165, 1.54) is 6.92 Å². The highest BCUT2D eigenvalue weighted by molar-refractivity contribution is 7.49. The van der Waals surface area contributed by atoms with E-state index in [2.05, 4.69) is 0 Å². The van der Waals surface area contributed by atoms with E-state index >= 15 is 0 Å². The van der Waals surface area contributed by atoms with Crippen molar-refractivity contribution in [2.45, 2.75) is 13.0 Å². The third-order valence-corrected chi connectivity index (χ3v) is 2.50. The lowest BCUT2D eigenvalue weighted by Crippen LogP contribution is -2.33. The van der Waals surface area contributed by atoms with Gasteiger partial charge in [0, 0.05) is 0 Å². The Kier molecular flexibility index (Phi) is 3.19. The van der Waals surface area contributed by atoms with E-state index in [4.69, 9.17) is 14.9 Å². The summed E-state index contributed by atoms with van der Waals surface area (Å²) in [4.78, 5) is 27.2. The molecule has 0 aromatic carbocycles. The smallest absolute Gasteiger partial charge is 0.403 e. The van der Waals surface area contributed by atoms with Crippen molar-refractivity contribution in [2.24, 2.45) is 0 Å². The van der Waals surface area contributed by atoms with Gasteiger partial charge in [-0.25, -0.2) is 4.57 Å². The molecule has 0 aromatic rings. The SMILES string of the molecule is CC(C(=O)O)N(C)P(=O)(O)O. The normalized spacial score (nSPS) is 15.0. The number of nitrogens with zero attached hydrogens (tertiary/aromatic N) is 1. The van der Waals surface area contributed by atoms with E-state index < -0.39 is 19.8 Å². The summed E-state index contributed by atoms with van der Waals surface area (Å²) in [6, 6.07) is -1.18. The lowest BCUT2D eigenvalue weighted by Gasteiger charge is -2.21.